The fourth-order valence-electron chi connectivity index (χ4n) is 1.91. The second-order valence-corrected chi connectivity index (χ2v) is 6.78. The summed E-state index contributed by atoms with van der Waals surface area (Å²) in [5, 5.41) is 4.01. The monoisotopic (exact) mass is 289 g/mol. The van der Waals surface area contributed by atoms with Gasteiger partial charge in [-0.2, -0.15) is 0 Å². The Morgan fingerprint density at radius 3 is 2.50 bits per heavy atom. The van der Waals surface area contributed by atoms with Gasteiger partial charge in [0.05, 0.1) is 5.69 Å². The van der Waals surface area contributed by atoms with E-state index in [1.54, 1.807) is 6.07 Å². The molecule has 0 fully saturated rings. The normalized spacial score (nSPS) is 11.4. The predicted octanol–water partition coefficient (Wildman–Crippen LogP) is 3.58. The van der Waals surface area contributed by atoms with E-state index in [1.807, 2.05) is 45.9 Å². The first-order valence-corrected chi connectivity index (χ1v) is 7.24. The number of amides is 1. The maximum Gasteiger partial charge on any atom is 0.257 e. The molecule has 1 aromatic carbocycles. The zero-order chi connectivity index (χ0) is 14.9. The summed E-state index contributed by atoms with van der Waals surface area (Å²) in [7, 11) is 0. The molecule has 3 N–H and O–H groups in total. The topological polar surface area (TPSA) is 68.0 Å². The zero-order valence-corrected chi connectivity index (χ0v) is 13.0. The second-order valence-electron chi connectivity index (χ2n) is 5.75. The number of nitrogen functional groups attached to an aromatic ring is 1. The van der Waals surface area contributed by atoms with Gasteiger partial charge in [-0.1, -0.05) is 50.3 Å². The summed E-state index contributed by atoms with van der Waals surface area (Å²) in [5.41, 5.74) is 8.25. The van der Waals surface area contributed by atoms with Crippen LogP contribution < -0.4 is 11.1 Å². The van der Waals surface area contributed by atoms with Gasteiger partial charge in [-0.15, -0.1) is 0 Å². The zero-order valence-electron chi connectivity index (χ0n) is 12.2. The lowest BCUT2D eigenvalue weighted by atomic mass is 9.93. The third kappa shape index (κ3) is 2.99. The molecule has 1 aromatic heterocycles. The largest absolute Gasteiger partial charge is 0.389 e. The third-order valence-corrected chi connectivity index (χ3v) is 3.77. The first-order valence-electron chi connectivity index (χ1n) is 6.43. The van der Waals surface area contributed by atoms with Gasteiger partial charge < -0.3 is 5.73 Å². The molecule has 5 heteroatoms. The van der Waals surface area contributed by atoms with Crippen molar-refractivity contribution in [2.75, 3.05) is 11.1 Å². The lowest BCUT2D eigenvalue weighted by Crippen LogP contribution is -2.15. The summed E-state index contributed by atoms with van der Waals surface area (Å²) in [6.07, 6.45) is 0. The minimum absolute atomic E-state index is 0.133. The van der Waals surface area contributed by atoms with Crippen molar-refractivity contribution in [3.05, 3.63) is 41.1 Å². The first kappa shape index (κ1) is 14.5. The summed E-state index contributed by atoms with van der Waals surface area (Å²) in [6.45, 7) is 8.05. The Kier molecular flexibility index (Phi) is 3.81. The van der Waals surface area contributed by atoms with Crippen molar-refractivity contribution >= 4 is 27.4 Å². The molecule has 0 aliphatic heterocycles. The average molecular weight is 289 g/mol. The van der Waals surface area contributed by atoms with E-state index < -0.39 is 0 Å². The molecule has 20 heavy (non-hydrogen) atoms. The Bertz CT molecular complexity index is 641. The van der Waals surface area contributed by atoms with Gasteiger partial charge in [0.1, 0.15) is 5.00 Å². The van der Waals surface area contributed by atoms with Gasteiger partial charge in [-0.05, 0) is 18.6 Å². The van der Waals surface area contributed by atoms with E-state index in [0.29, 0.717) is 15.7 Å². The molecule has 0 unspecified atom stereocenters. The third-order valence-electron chi connectivity index (χ3n) is 2.97. The van der Waals surface area contributed by atoms with Crippen LogP contribution in [0.15, 0.2) is 24.3 Å². The quantitative estimate of drug-likeness (QED) is 0.888. The molecule has 1 heterocycles. The lowest BCUT2D eigenvalue weighted by molar-refractivity contribution is 0.102. The van der Waals surface area contributed by atoms with Crippen LogP contribution in [0.4, 0.5) is 10.1 Å². The van der Waals surface area contributed by atoms with Gasteiger partial charge in [0.15, 0.2) is 5.13 Å². The number of nitrogens with two attached hydrogens (primary N) is 1. The number of hydrogen-bond donors (Lipinski definition) is 2. The van der Waals surface area contributed by atoms with E-state index in [4.69, 9.17) is 5.73 Å². The molecule has 1 amide bonds. The Morgan fingerprint density at radius 1 is 1.30 bits per heavy atom. The first-order chi connectivity index (χ1) is 9.29. The molecule has 2 aromatic rings. The highest BCUT2D eigenvalue weighted by molar-refractivity contribution is 7.19. The highest BCUT2D eigenvalue weighted by Crippen LogP contribution is 2.34. The van der Waals surface area contributed by atoms with Crippen LogP contribution in [0.5, 0.6) is 0 Å². The molecule has 2 rings (SSSR count). The van der Waals surface area contributed by atoms with Crippen LogP contribution in [-0.4, -0.2) is 10.9 Å². The summed E-state index contributed by atoms with van der Waals surface area (Å²) in [4.78, 5) is 16.7. The fraction of sp³-hybridized carbons (Fsp3) is 0.333. The maximum atomic E-state index is 12.2. The number of thiazole rings is 1. The second kappa shape index (κ2) is 5.25. The highest BCUT2D eigenvalue weighted by atomic mass is 32.1. The van der Waals surface area contributed by atoms with E-state index in [-0.39, 0.29) is 11.3 Å². The number of aromatic nitrogens is 1. The molecule has 0 radical (unpaired) electrons. The van der Waals surface area contributed by atoms with E-state index in [2.05, 4.69) is 10.3 Å². The maximum absolute atomic E-state index is 12.2. The summed E-state index contributed by atoms with van der Waals surface area (Å²) < 4.78 is 0. The molecule has 0 saturated heterocycles. The van der Waals surface area contributed by atoms with Crippen molar-refractivity contribution in [2.45, 2.75) is 33.1 Å². The molecule has 0 aliphatic rings. The number of benzene rings is 1. The molecule has 106 valence electrons. The van der Waals surface area contributed by atoms with E-state index in [1.165, 1.54) is 11.3 Å². The van der Waals surface area contributed by atoms with Crippen LogP contribution in [0.2, 0.25) is 0 Å². The molecule has 0 aliphatic carbocycles. The van der Waals surface area contributed by atoms with Crippen molar-refractivity contribution in [2.24, 2.45) is 0 Å². The van der Waals surface area contributed by atoms with E-state index >= 15 is 0 Å². The van der Waals surface area contributed by atoms with Crippen LogP contribution in [-0.2, 0) is 5.41 Å². The summed E-state index contributed by atoms with van der Waals surface area (Å²) in [6, 6.07) is 7.46. The van der Waals surface area contributed by atoms with E-state index in [0.717, 1.165) is 11.3 Å². The van der Waals surface area contributed by atoms with Crippen LogP contribution >= 0.6 is 11.3 Å². The minimum atomic E-state index is -0.155. The number of aryl methyl sites for hydroxylation is 1. The van der Waals surface area contributed by atoms with Gasteiger partial charge in [0, 0.05) is 11.0 Å². The molecule has 4 nitrogen and oxygen atoms in total. The Morgan fingerprint density at radius 2 is 1.95 bits per heavy atom. The van der Waals surface area contributed by atoms with Crippen molar-refractivity contribution < 1.29 is 4.79 Å². The van der Waals surface area contributed by atoms with Crippen molar-refractivity contribution in [3.8, 4) is 0 Å². The number of rotatable bonds is 2. The predicted molar refractivity (Wildman–Crippen MR) is 84.4 cm³/mol. The van der Waals surface area contributed by atoms with Crippen LogP contribution in [0.25, 0.3) is 0 Å². The van der Waals surface area contributed by atoms with Gasteiger partial charge >= 0.3 is 0 Å². The Balaban J connectivity index is 2.23. The van der Waals surface area contributed by atoms with Crippen molar-refractivity contribution in [3.63, 3.8) is 0 Å². The highest BCUT2D eigenvalue weighted by Gasteiger charge is 2.22. The smallest absolute Gasteiger partial charge is 0.257 e. The standard InChI is InChI=1S/C15H19N3OS/c1-9-7-5-6-8-10(9)13(19)18-14-17-11(12(16)20-14)15(2,3)4/h5-8H,16H2,1-4H3,(H,17,18,19). The number of carbonyl (C=O) groups excluding carboxylic acids is 1. The molecular weight excluding hydrogens is 270 g/mol. The van der Waals surface area contributed by atoms with Gasteiger partial charge in [0.2, 0.25) is 0 Å². The van der Waals surface area contributed by atoms with Crippen molar-refractivity contribution in [1.82, 2.24) is 4.98 Å². The molecule has 0 atom stereocenters. The van der Waals surface area contributed by atoms with Gasteiger partial charge in [0.25, 0.3) is 5.91 Å². The summed E-state index contributed by atoms with van der Waals surface area (Å²) >= 11 is 1.30. The lowest BCUT2D eigenvalue weighted by Gasteiger charge is -2.15. The number of hydrogen-bond acceptors (Lipinski definition) is 4. The average Bonchev–Trinajstić information content (AvgIpc) is 2.70. The molecule has 0 saturated carbocycles. The molecule has 0 spiro atoms. The minimum Gasteiger partial charge on any atom is -0.389 e. The van der Waals surface area contributed by atoms with E-state index in [9.17, 15) is 4.79 Å². The summed E-state index contributed by atoms with van der Waals surface area (Å²) in [5.74, 6) is -0.155. The number of anilines is 2. The van der Waals surface area contributed by atoms with Gasteiger partial charge in [-0.3, -0.25) is 10.1 Å². The number of carbonyl (C=O) groups is 1. The Hall–Kier alpha value is -1.88. The van der Waals surface area contributed by atoms with Crippen LogP contribution in [0, 0.1) is 6.92 Å². The van der Waals surface area contributed by atoms with Crippen LogP contribution in [0.3, 0.4) is 0 Å². The molecule has 0 bridgehead atoms. The van der Waals surface area contributed by atoms with Gasteiger partial charge in [-0.25, -0.2) is 4.98 Å². The number of nitrogens with one attached hydrogen (secondary N) is 1. The van der Waals surface area contributed by atoms with Crippen molar-refractivity contribution in [1.29, 1.82) is 0 Å². The molecular formula is C15H19N3OS. The Labute approximate surface area is 123 Å². The number of nitrogens with zero attached hydrogens (tertiary/aromatic N) is 1. The fourth-order valence-corrected chi connectivity index (χ4v) is 2.85. The van der Waals surface area contributed by atoms with Crippen LogP contribution in [0.1, 0.15) is 42.4 Å². The SMILES string of the molecule is Cc1ccccc1C(=O)Nc1nc(C(C)(C)C)c(N)s1.